The molecule has 142 valence electrons. The van der Waals surface area contributed by atoms with Crippen molar-refractivity contribution in [3.05, 3.63) is 30.6 Å². The normalized spacial score (nSPS) is 29.8. The first-order valence-corrected chi connectivity index (χ1v) is 11.1. The average molecular weight is 385 g/mol. The summed E-state index contributed by atoms with van der Waals surface area (Å²) in [4.78, 5) is 12.1. The molecular formula is C19H23N5O2S. The largest absolute Gasteiger partial charge is 0.367 e. The zero-order valence-electron chi connectivity index (χ0n) is 15.0. The number of anilines is 1. The standard InChI is InChI=1S/C19H23N5O2S/c20-10-12-7-19(8-12)9-13(5-6-27(19,25)26)23-17-16-14-3-1-2-4-15(14)24-18(16)22-11-21-17/h1-4,11-13H,5-10,20H2,(H2,21,22,23,24). The summed E-state index contributed by atoms with van der Waals surface area (Å²) < 4.78 is 24.8. The number of nitrogens with two attached hydrogens (primary N) is 1. The Morgan fingerprint density at radius 3 is 2.85 bits per heavy atom. The highest BCUT2D eigenvalue weighted by Gasteiger charge is 2.56. The number of benzene rings is 1. The van der Waals surface area contributed by atoms with Gasteiger partial charge in [0.1, 0.15) is 17.8 Å². The van der Waals surface area contributed by atoms with Gasteiger partial charge in [-0.25, -0.2) is 18.4 Å². The van der Waals surface area contributed by atoms with Crippen LogP contribution in [0.4, 0.5) is 5.82 Å². The van der Waals surface area contributed by atoms with Gasteiger partial charge in [-0.15, -0.1) is 0 Å². The lowest BCUT2D eigenvalue weighted by molar-refractivity contribution is 0.196. The third-order valence-corrected chi connectivity index (χ3v) is 8.90. The van der Waals surface area contributed by atoms with Crippen LogP contribution in [0, 0.1) is 5.92 Å². The van der Waals surface area contributed by atoms with Crippen molar-refractivity contribution in [3.8, 4) is 0 Å². The summed E-state index contributed by atoms with van der Waals surface area (Å²) in [5, 5.41) is 5.56. The van der Waals surface area contributed by atoms with Crippen LogP contribution >= 0.6 is 0 Å². The van der Waals surface area contributed by atoms with Crippen LogP contribution in [-0.4, -0.2) is 46.5 Å². The highest BCUT2D eigenvalue weighted by atomic mass is 32.2. The first-order valence-electron chi connectivity index (χ1n) is 9.42. The molecule has 7 nitrogen and oxygen atoms in total. The highest BCUT2D eigenvalue weighted by molar-refractivity contribution is 7.92. The molecule has 27 heavy (non-hydrogen) atoms. The molecule has 8 heteroatoms. The molecule has 2 fully saturated rings. The van der Waals surface area contributed by atoms with Crippen LogP contribution in [0.15, 0.2) is 30.6 Å². The lowest BCUT2D eigenvalue weighted by Gasteiger charge is -2.50. The summed E-state index contributed by atoms with van der Waals surface area (Å²) in [6.07, 6.45) is 4.15. The Morgan fingerprint density at radius 1 is 1.22 bits per heavy atom. The zero-order chi connectivity index (χ0) is 18.6. The Morgan fingerprint density at radius 2 is 2.04 bits per heavy atom. The second kappa shape index (κ2) is 5.90. The van der Waals surface area contributed by atoms with Crippen LogP contribution in [0.1, 0.15) is 25.7 Å². The van der Waals surface area contributed by atoms with Crippen LogP contribution in [-0.2, 0) is 9.84 Å². The molecule has 1 atom stereocenters. The van der Waals surface area contributed by atoms with Gasteiger partial charge < -0.3 is 16.0 Å². The molecule has 1 saturated carbocycles. The smallest absolute Gasteiger partial charge is 0.156 e. The van der Waals surface area contributed by atoms with Crippen molar-refractivity contribution in [2.45, 2.75) is 36.5 Å². The van der Waals surface area contributed by atoms with Crippen LogP contribution < -0.4 is 11.1 Å². The van der Waals surface area contributed by atoms with Gasteiger partial charge >= 0.3 is 0 Å². The minimum Gasteiger partial charge on any atom is -0.367 e. The van der Waals surface area contributed by atoms with Gasteiger partial charge in [-0.2, -0.15) is 0 Å². The monoisotopic (exact) mass is 385 g/mol. The van der Waals surface area contributed by atoms with Crippen molar-refractivity contribution in [1.82, 2.24) is 15.0 Å². The van der Waals surface area contributed by atoms with E-state index >= 15 is 0 Å². The molecular weight excluding hydrogens is 362 g/mol. The zero-order valence-corrected chi connectivity index (χ0v) is 15.8. The summed E-state index contributed by atoms with van der Waals surface area (Å²) in [5.41, 5.74) is 7.55. The van der Waals surface area contributed by atoms with Crippen molar-refractivity contribution in [2.24, 2.45) is 11.7 Å². The van der Waals surface area contributed by atoms with Crippen LogP contribution in [0.2, 0.25) is 0 Å². The lowest BCUT2D eigenvalue weighted by Crippen LogP contribution is -2.58. The molecule has 1 spiro atoms. The van der Waals surface area contributed by atoms with Crippen molar-refractivity contribution in [3.63, 3.8) is 0 Å². The van der Waals surface area contributed by atoms with Gasteiger partial charge in [0.25, 0.3) is 0 Å². The second-order valence-corrected chi connectivity index (χ2v) is 10.5. The number of rotatable bonds is 3. The third kappa shape index (κ3) is 2.54. The van der Waals surface area contributed by atoms with E-state index in [9.17, 15) is 8.42 Å². The number of hydrogen-bond acceptors (Lipinski definition) is 6. The molecule has 0 amide bonds. The van der Waals surface area contributed by atoms with Gasteiger partial charge in [-0.1, -0.05) is 18.2 Å². The SMILES string of the molecule is NCC1CC2(C1)CC(Nc1ncnc3[nH]c4ccccc4c13)CCS2(=O)=O. The van der Waals surface area contributed by atoms with Crippen molar-refractivity contribution in [2.75, 3.05) is 17.6 Å². The number of sulfone groups is 1. The molecule has 1 unspecified atom stereocenters. The summed E-state index contributed by atoms with van der Waals surface area (Å²) in [6.45, 7) is 0.567. The molecule has 1 aromatic carbocycles. The predicted molar refractivity (Wildman–Crippen MR) is 106 cm³/mol. The summed E-state index contributed by atoms with van der Waals surface area (Å²) in [5.74, 6) is 1.33. The summed E-state index contributed by atoms with van der Waals surface area (Å²) in [7, 11) is -3.06. The molecule has 0 bridgehead atoms. The van der Waals surface area contributed by atoms with E-state index in [1.807, 2.05) is 24.3 Å². The fourth-order valence-corrected chi connectivity index (χ4v) is 7.33. The Labute approximate surface area is 157 Å². The lowest BCUT2D eigenvalue weighted by atomic mass is 9.70. The maximum absolute atomic E-state index is 12.7. The van der Waals surface area contributed by atoms with Crippen molar-refractivity contribution < 1.29 is 8.42 Å². The van der Waals surface area contributed by atoms with Gasteiger partial charge in [0.2, 0.25) is 0 Å². The topological polar surface area (TPSA) is 114 Å². The number of aromatic amines is 1. The molecule has 1 aliphatic carbocycles. The number of hydrogen-bond donors (Lipinski definition) is 3. The van der Waals surface area contributed by atoms with Crippen molar-refractivity contribution >= 4 is 37.6 Å². The first kappa shape index (κ1) is 16.9. The first-order chi connectivity index (χ1) is 13.0. The molecule has 4 N–H and O–H groups in total. The van der Waals surface area contributed by atoms with Crippen molar-refractivity contribution in [1.29, 1.82) is 0 Å². The maximum atomic E-state index is 12.7. The molecule has 2 aromatic heterocycles. The second-order valence-electron chi connectivity index (χ2n) is 7.96. The van der Waals surface area contributed by atoms with Crippen LogP contribution in [0.25, 0.3) is 21.9 Å². The van der Waals surface area contributed by atoms with E-state index in [0.717, 1.165) is 27.8 Å². The van der Waals surface area contributed by atoms with E-state index in [4.69, 9.17) is 5.73 Å². The number of fused-ring (bicyclic) bond motifs is 3. The van der Waals surface area contributed by atoms with E-state index in [1.54, 1.807) is 6.33 Å². The number of nitrogens with one attached hydrogen (secondary N) is 2. The number of H-pyrrole nitrogens is 1. The van der Waals surface area contributed by atoms with Gasteiger partial charge in [0.05, 0.1) is 15.9 Å². The molecule has 2 aliphatic rings. The Bertz CT molecular complexity index is 1120. The van der Waals surface area contributed by atoms with Crippen LogP contribution in [0.5, 0.6) is 0 Å². The quantitative estimate of drug-likeness (QED) is 0.637. The molecule has 3 aromatic rings. The number of aromatic nitrogens is 3. The van der Waals surface area contributed by atoms with E-state index in [0.29, 0.717) is 38.1 Å². The number of para-hydroxylation sites is 1. The average Bonchev–Trinajstić information content (AvgIpc) is 3.01. The Hall–Kier alpha value is -2.19. The molecule has 0 radical (unpaired) electrons. The van der Waals surface area contributed by atoms with E-state index in [1.165, 1.54) is 0 Å². The molecule has 3 heterocycles. The fraction of sp³-hybridized carbons (Fsp3) is 0.474. The van der Waals surface area contributed by atoms with E-state index in [-0.39, 0.29) is 11.8 Å². The third-order valence-electron chi connectivity index (χ3n) is 6.31. The van der Waals surface area contributed by atoms with E-state index in [2.05, 4.69) is 20.3 Å². The maximum Gasteiger partial charge on any atom is 0.156 e. The van der Waals surface area contributed by atoms with Crippen LogP contribution in [0.3, 0.4) is 0 Å². The van der Waals surface area contributed by atoms with Gasteiger partial charge in [-0.3, -0.25) is 0 Å². The van der Waals surface area contributed by atoms with E-state index < -0.39 is 14.6 Å². The molecule has 1 aliphatic heterocycles. The Balaban J connectivity index is 1.48. The molecule has 5 rings (SSSR count). The minimum absolute atomic E-state index is 0.0824. The Kier molecular flexibility index (Phi) is 3.70. The summed E-state index contributed by atoms with van der Waals surface area (Å²) >= 11 is 0. The van der Waals surface area contributed by atoms with Gasteiger partial charge in [0, 0.05) is 16.9 Å². The fourth-order valence-electron chi connectivity index (χ4n) is 4.87. The number of nitrogens with zero attached hydrogens (tertiary/aromatic N) is 2. The predicted octanol–water partition coefficient (Wildman–Crippen LogP) is 2.21. The minimum atomic E-state index is -3.06. The van der Waals surface area contributed by atoms with Gasteiger partial charge in [-0.05, 0) is 44.2 Å². The summed E-state index contributed by atoms with van der Waals surface area (Å²) in [6, 6.07) is 8.13. The van der Waals surface area contributed by atoms with Gasteiger partial charge in [0.15, 0.2) is 9.84 Å². The highest BCUT2D eigenvalue weighted by Crippen LogP contribution is 2.50. The molecule has 1 saturated heterocycles.